The number of hydrogen-bond acceptors (Lipinski definition) is 5. The van der Waals surface area contributed by atoms with Crippen LogP contribution < -0.4 is 4.72 Å². The molecule has 20 heavy (non-hydrogen) atoms. The van der Waals surface area contributed by atoms with Gasteiger partial charge in [0.05, 0.1) is 12.5 Å². The van der Waals surface area contributed by atoms with E-state index in [9.17, 15) is 18.3 Å². The van der Waals surface area contributed by atoms with E-state index in [1.807, 2.05) is 0 Å². The Bertz CT molecular complexity index is 580. The summed E-state index contributed by atoms with van der Waals surface area (Å²) in [5.41, 5.74) is 0. The largest absolute Gasteiger partial charge is 0.481 e. The van der Waals surface area contributed by atoms with E-state index in [4.69, 9.17) is 5.11 Å². The topological polar surface area (TPSA) is 104 Å². The number of carboxylic acid groups (broad SMARTS) is 1. The predicted molar refractivity (Wildman–Crippen MR) is 74.2 cm³/mol. The van der Waals surface area contributed by atoms with Crippen molar-refractivity contribution in [2.75, 3.05) is 0 Å². The van der Waals surface area contributed by atoms with Crippen molar-refractivity contribution in [1.29, 1.82) is 0 Å². The van der Waals surface area contributed by atoms with Gasteiger partial charge < -0.3 is 10.2 Å². The minimum Gasteiger partial charge on any atom is -0.481 e. The average Bonchev–Trinajstić information content (AvgIpc) is 2.80. The second kappa shape index (κ2) is 6.21. The summed E-state index contributed by atoms with van der Waals surface area (Å²) in [7, 11) is -3.69. The number of carbonyl (C=O) groups is 1. The van der Waals surface area contributed by atoms with Gasteiger partial charge in [0.15, 0.2) is 0 Å². The predicted octanol–water partition coefficient (Wildman–Crippen LogP) is 0.957. The molecule has 1 heterocycles. The van der Waals surface area contributed by atoms with E-state index in [0.29, 0.717) is 17.7 Å². The molecule has 0 spiro atoms. The molecule has 3 N–H and O–H groups in total. The fraction of sp³-hybridized carbons (Fsp3) is 0.583. The van der Waals surface area contributed by atoms with Gasteiger partial charge in [-0.2, -0.15) is 0 Å². The molecule has 2 unspecified atom stereocenters. The van der Waals surface area contributed by atoms with Crippen LogP contribution in [0, 0.1) is 0 Å². The molecule has 2 atom stereocenters. The molecule has 0 aliphatic heterocycles. The highest BCUT2D eigenvalue weighted by atomic mass is 32.2. The summed E-state index contributed by atoms with van der Waals surface area (Å²) in [5.74, 6) is -0.994. The fourth-order valence-corrected chi connectivity index (χ4v) is 4.92. The molecule has 0 bridgehead atoms. The number of aliphatic hydroxyl groups excluding tert-OH is 1. The first-order valence-electron chi connectivity index (χ1n) is 6.39. The summed E-state index contributed by atoms with van der Waals surface area (Å²) in [5, 5.41) is 18.5. The molecule has 0 radical (unpaired) electrons. The number of rotatable bonds is 5. The molecule has 1 aliphatic rings. The maximum absolute atomic E-state index is 12.2. The van der Waals surface area contributed by atoms with Crippen LogP contribution in [0.1, 0.15) is 30.6 Å². The Morgan fingerprint density at radius 1 is 1.35 bits per heavy atom. The Balaban J connectivity index is 2.09. The summed E-state index contributed by atoms with van der Waals surface area (Å²) in [6.07, 6.45) is 2.17. The van der Waals surface area contributed by atoms with Gasteiger partial charge in [-0.3, -0.25) is 4.79 Å². The maximum atomic E-state index is 12.2. The monoisotopic (exact) mass is 319 g/mol. The molecule has 2 rings (SSSR count). The molecule has 0 aromatic carbocycles. The lowest BCUT2D eigenvalue weighted by Crippen LogP contribution is -2.44. The molecular weight excluding hydrogens is 302 g/mol. The molecule has 8 heteroatoms. The Morgan fingerprint density at radius 2 is 2.05 bits per heavy atom. The van der Waals surface area contributed by atoms with Crippen molar-refractivity contribution in [3.63, 3.8) is 0 Å². The Hall–Kier alpha value is -0.960. The zero-order valence-electron chi connectivity index (χ0n) is 10.8. The van der Waals surface area contributed by atoms with Crippen LogP contribution in [-0.2, 0) is 21.2 Å². The molecule has 1 fully saturated rings. The van der Waals surface area contributed by atoms with Gasteiger partial charge in [-0.15, -0.1) is 11.3 Å². The van der Waals surface area contributed by atoms with Crippen LogP contribution in [0.3, 0.4) is 0 Å². The van der Waals surface area contributed by atoms with Gasteiger partial charge >= 0.3 is 5.97 Å². The van der Waals surface area contributed by atoms with Crippen LogP contribution in [0.2, 0.25) is 0 Å². The van der Waals surface area contributed by atoms with Gasteiger partial charge in [-0.25, -0.2) is 13.1 Å². The lowest BCUT2D eigenvalue weighted by molar-refractivity contribution is -0.136. The highest BCUT2D eigenvalue weighted by Gasteiger charge is 2.28. The van der Waals surface area contributed by atoms with Gasteiger partial charge in [0.2, 0.25) is 10.0 Å². The molecule has 1 saturated carbocycles. The van der Waals surface area contributed by atoms with Crippen LogP contribution >= 0.6 is 11.3 Å². The number of aliphatic hydroxyl groups is 1. The maximum Gasteiger partial charge on any atom is 0.308 e. The minimum atomic E-state index is -3.69. The summed E-state index contributed by atoms with van der Waals surface area (Å²) in [6.45, 7) is 0. The third-order valence-electron chi connectivity index (χ3n) is 3.26. The van der Waals surface area contributed by atoms with Crippen molar-refractivity contribution in [2.24, 2.45) is 0 Å². The average molecular weight is 319 g/mol. The number of thiophene rings is 1. The normalized spacial score (nSPS) is 23.6. The van der Waals surface area contributed by atoms with E-state index in [1.165, 1.54) is 12.1 Å². The minimum absolute atomic E-state index is 0.0894. The van der Waals surface area contributed by atoms with Crippen LogP contribution in [0.5, 0.6) is 0 Å². The number of hydrogen-bond donors (Lipinski definition) is 3. The van der Waals surface area contributed by atoms with Crippen molar-refractivity contribution in [3.8, 4) is 0 Å². The zero-order chi connectivity index (χ0) is 14.8. The van der Waals surface area contributed by atoms with E-state index >= 15 is 0 Å². The Labute approximate surface area is 121 Å². The van der Waals surface area contributed by atoms with Crippen molar-refractivity contribution in [1.82, 2.24) is 4.72 Å². The molecule has 0 amide bonds. The van der Waals surface area contributed by atoms with Crippen LogP contribution in [0.15, 0.2) is 16.3 Å². The van der Waals surface area contributed by atoms with Gasteiger partial charge in [0.1, 0.15) is 4.21 Å². The smallest absolute Gasteiger partial charge is 0.308 e. The zero-order valence-corrected chi connectivity index (χ0v) is 12.4. The number of nitrogens with one attached hydrogen (secondary N) is 1. The van der Waals surface area contributed by atoms with Crippen LogP contribution in [-0.4, -0.2) is 36.7 Å². The van der Waals surface area contributed by atoms with E-state index in [1.54, 1.807) is 0 Å². The lowest BCUT2D eigenvalue weighted by Gasteiger charge is -2.27. The Kier molecular flexibility index (Phi) is 4.79. The first kappa shape index (κ1) is 15.4. The van der Waals surface area contributed by atoms with Crippen LogP contribution in [0.25, 0.3) is 0 Å². The van der Waals surface area contributed by atoms with Crippen molar-refractivity contribution < 1.29 is 23.4 Å². The molecule has 1 aromatic heterocycles. The van der Waals surface area contributed by atoms with Crippen molar-refractivity contribution in [3.05, 3.63) is 17.0 Å². The number of sulfonamides is 1. The second-order valence-electron chi connectivity index (χ2n) is 4.87. The summed E-state index contributed by atoms with van der Waals surface area (Å²) in [4.78, 5) is 11.1. The van der Waals surface area contributed by atoms with Crippen molar-refractivity contribution >= 4 is 27.3 Å². The highest BCUT2D eigenvalue weighted by molar-refractivity contribution is 7.91. The van der Waals surface area contributed by atoms with Gasteiger partial charge in [-0.1, -0.05) is 12.8 Å². The van der Waals surface area contributed by atoms with Gasteiger partial charge in [0, 0.05) is 10.9 Å². The lowest BCUT2D eigenvalue weighted by atomic mass is 9.93. The highest BCUT2D eigenvalue weighted by Crippen LogP contribution is 2.25. The van der Waals surface area contributed by atoms with Gasteiger partial charge in [0.25, 0.3) is 0 Å². The Morgan fingerprint density at radius 3 is 2.70 bits per heavy atom. The molecule has 6 nitrogen and oxygen atoms in total. The molecular formula is C12H17NO5S2. The van der Waals surface area contributed by atoms with E-state index in [-0.39, 0.29) is 10.6 Å². The summed E-state index contributed by atoms with van der Waals surface area (Å²) in [6, 6.07) is 2.45. The standard InChI is InChI=1S/C12H17NO5S2/c14-10-4-2-1-3-9(10)13-20(17,18)12-6-5-8(19-12)7-11(15)16/h5-6,9-10,13-14H,1-4,7H2,(H,15,16). The third kappa shape index (κ3) is 3.78. The number of aliphatic carboxylic acids is 1. The second-order valence-corrected chi connectivity index (χ2v) is 7.98. The first-order valence-corrected chi connectivity index (χ1v) is 8.69. The number of carboxylic acids is 1. The van der Waals surface area contributed by atoms with E-state index in [2.05, 4.69) is 4.72 Å². The molecule has 1 aliphatic carbocycles. The molecule has 112 valence electrons. The fourth-order valence-electron chi connectivity index (χ4n) is 2.25. The summed E-state index contributed by atoms with van der Waals surface area (Å²) < 4.78 is 27.0. The van der Waals surface area contributed by atoms with Crippen LogP contribution in [0.4, 0.5) is 0 Å². The SMILES string of the molecule is O=C(O)Cc1ccc(S(=O)(=O)NC2CCCCC2O)s1. The van der Waals surface area contributed by atoms with Gasteiger partial charge in [-0.05, 0) is 25.0 Å². The quantitative estimate of drug-likeness (QED) is 0.750. The third-order valence-corrected chi connectivity index (χ3v) is 6.33. The van der Waals surface area contributed by atoms with Crippen molar-refractivity contribution in [2.45, 2.75) is 48.5 Å². The van der Waals surface area contributed by atoms with E-state index < -0.39 is 28.1 Å². The summed E-state index contributed by atoms with van der Waals surface area (Å²) >= 11 is 0.945. The molecule has 1 aromatic rings. The van der Waals surface area contributed by atoms with E-state index in [0.717, 1.165) is 24.2 Å². The first-order chi connectivity index (χ1) is 9.38. The molecule has 0 saturated heterocycles.